The summed E-state index contributed by atoms with van der Waals surface area (Å²) in [5.41, 5.74) is 5.03. The van der Waals surface area contributed by atoms with Crippen LogP contribution in [0.15, 0.2) is 72.8 Å². The molecule has 6 atom stereocenters. The van der Waals surface area contributed by atoms with Crippen LogP contribution in [0.4, 0.5) is 26.7 Å². The predicted molar refractivity (Wildman–Crippen MR) is 250 cm³/mol. The molecule has 3 aromatic carbocycles. The lowest BCUT2D eigenvalue weighted by Gasteiger charge is -2.34. The number of nitrogens with zero attached hydrogens (tertiary/aromatic N) is 3. The number of sulfone groups is 2. The number of nitrogens with one attached hydrogen (secondary N) is 4. The van der Waals surface area contributed by atoms with Crippen molar-refractivity contribution in [1.29, 1.82) is 0 Å². The maximum absolute atomic E-state index is 13.6. The molecule has 0 aromatic heterocycles. The molecule has 19 nitrogen and oxygen atoms in total. The van der Waals surface area contributed by atoms with Crippen LogP contribution in [0.2, 0.25) is 0 Å². The van der Waals surface area contributed by atoms with Gasteiger partial charge in [-0.1, -0.05) is 57.2 Å². The van der Waals surface area contributed by atoms with E-state index in [0.717, 1.165) is 56.4 Å². The van der Waals surface area contributed by atoms with Crippen molar-refractivity contribution < 1.29 is 55.1 Å². The molecule has 3 aliphatic heterocycles. The van der Waals surface area contributed by atoms with Gasteiger partial charge in [0.25, 0.3) is 11.8 Å². The largest absolute Gasteiger partial charge is 0.453 e. The Morgan fingerprint density at radius 2 is 0.955 bits per heavy atom. The van der Waals surface area contributed by atoms with Crippen LogP contribution in [0.25, 0.3) is 0 Å². The SMILES string of the molecule is COC(=O)N[C@H](C(=O)N1CCC[C@H]1C(=O)Nc1ccc([C@H]2CC[C@H](c3ccc(NC(=O)[C@@H]4CCCN4C(=O)[C@@H](NC(=O)OC)S(C)(=O)=O)cc3)N2c2ccc(C(C)(C)C)cc2)cc1)S(C)(=O)=O. The molecule has 67 heavy (non-hydrogen) atoms. The number of benzene rings is 3. The van der Waals surface area contributed by atoms with Gasteiger partial charge in [0.15, 0.2) is 19.7 Å². The summed E-state index contributed by atoms with van der Waals surface area (Å²) >= 11 is 0. The van der Waals surface area contributed by atoms with Crippen LogP contribution < -0.4 is 26.2 Å². The first-order valence-electron chi connectivity index (χ1n) is 21.9. The highest BCUT2D eigenvalue weighted by atomic mass is 32.2. The molecule has 3 aliphatic rings. The fourth-order valence-electron chi connectivity index (χ4n) is 8.93. The molecule has 6 amide bonds. The Labute approximate surface area is 391 Å². The maximum atomic E-state index is 13.6. The Morgan fingerprint density at radius 1 is 0.582 bits per heavy atom. The third kappa shape index (κ3) is 11.7. The van der Waals surface area contributed by atoms with Gasteiger partial charge in [-0.25, -0.2) is 26.4 Å². The first-order valence-corrected chi connectivity index (χ1v) is 25.8. The number of hydrogen-bond donors (Lipinski definition) is 4. The van der Waals surface area contributed by atoms with Crippen molar-refractivity contribution in [3.8, 4) is 0 Å². The van der Waals surface area contributed by atoms with Crippen molar-refractivity contribution in [3.63, 3.8) is 0 Å². The highest BCUT2D eigenvalue weighted by molar-refractivity contribution is 7.92. The second kappa shape index (κ2) is 20.3. The van der Waals surface area contributed by atoms with Crippen LogP contribution in [0.3, 0.4) is 0 Å². The Balaban J connectivity index is 1.18. The third-order valence-corrected chi connectivity index (χ3v) is 14.7. The van der Waals surface area contributed by atoms with Crippen LogP contribution >= 0.6 is 0 Å². The normalized spacial score (nSPS) is 20.7. The topological polar surface area (TPSA) is 247 Å². The number of hydrogen-bond acceptors (Lipinski definition) is 13. The lowest BCUT2D eigenvalue weighted by Crippen LogP contribution is -2.55. The Bertz CT molecular complexity index is 2420. The van der Waals surface area contributed by atoms with E-state index in [1.54, 1.807) is 24.3 Å². The van der Waals surface area contributed by atoms with Crippen LogP contribution in [-0.4, -0.2) is 125 Å². The standard InChI is InChI=1S/C46H59N7O12S2/c1-46(2,3)30-16-22-33(23-17-30)53-34(28-12-18-31(19-13-28)47-38(54)36-10-8-26-51(36)42(56)40(66(6,60)61)49-44(58)64-4)24-25-35(53)29-14-20-32(21-15-29)48-39(55)37-11-9-27-52(37)43(57)41(67(7,62)63)50-45(59)65-5/h12-23,34-37,40-41H,8-11,24-27H2,1-7H3,(H,47,54)(H,48,55)(H,49,58)(H,50,59)/t34-,35-,36+,37+,40+,41+/m1/s1. The van der Waals surface area contributed by atoms with E-state index >= 15 is 0 Å². The second-order valence-electron chi connectivity index (χ2n) is 18.1. The van der Waals surface area contributed by atoms with Crippen molar-refractivity contribution in [3.05, 3.63) is 89.5 Å². The molecule has 0 saturated carbocycles. The summed E-state index contributed by atoms with van der Waals surface area (Å²) < 4.78 is 58.9. The van der Waals surface area contributed by atoms with Gasteiger partial charge in [-0.3, -0.25) is 29.8 Å². The summed E-state index contributed by atoms with van der Waals surface area (Å²) in [5, 5.41) is 6.07. The number of rotatable bonds is 13. The van der Waals surface area contributed by atoms with Crippen LogP contribution in [0.5, 0.6) is 0 Å². The number of alkyl carbamates (subject to hydrolysis) is 2. The van der Waals surface area contributed by atoms with Crippen LogP contribution in [-0.2, 0) is 53.7 Å². The molecule has 4 N–H and O–H groups in total. The summed E-state index contributed by atoms with van der Waals surface area (Å²) in [6.07, 6.45) is 2.53. The van der Waals surface area contributed by atoms with E-state index in [9.17, 15) is 45.6 Å². The molecule has 0 aliphatic carbocycles. The van der Waals surface area contributed by atoms with Crippen LogP contribution in [0, 0.1) is 0 Å². The van der Waals surface area contributed by atoms with Crippen molar-refractivity contribution >= 4 is 72.6 Å². The second-order valence-corrected chi connectivity index (χ2v) is 22.4. The molecule has 0 radical (unpaired) electrons. The summed E-state index contributed by atoms with van der Waals surface area (Å²) in [4.78, 5) is 82.5. The summed E-state index contributed by atoms with van der Waals surface area (Å²) in [6.45, 7) is 6.72. The molecular formula is C46H59N7O12S2. The average molecular weight is 966 g/mol. The van der Waals surface area contributed by atoms with Gasteiger partial charge >= 0.3 is 12.2 Å². The van der Waals surface area contributed by atoms with Gasteiger partial charge in [0.05, 0.1) is 26.3 Å². The van der Waals surface area contributed by atoms with E-state index in [0.29, 0.717) is 37.1 Å². The van der Waals surface area contributed by atoms with Crippen LogP contribution in [0.1, 0.15) is 88.1 Å². The Morgan fingerprint density at radius 3 is 1.28 bits per heavy atom. The van der Waals surface area contributed by atoms with E-state index in [1.807, 2.05) is 24.3 Å². The molecule has 21 heteroatoms. The van der Waals surface area contributed by atoms with Crippen molar-refractivity contribution in [2.24, 2.45) is 0 Å². The lowest BCUT2D eigenvalue weighted by molar-refractivity contribution is -0.136. The minimum absolute atomic E-state index is 0.0702. The maximum Gasteiger partial charge on any atom is 0.408 e. The van der Waals surface area contributed by atoms with E-state index < -0.39 is 78.3 Å². The average Bonchev–Trinajstić information content (AvgIpc) is 4.07. The molecule has 6 rings (SSSR count). The highest BCUT2D eigenvalue weighted by Gasteiger charge is 2.44. The number of carbonyl (C=O) groups excluding carboxylic acids is 6. The predicted octanol–water partition coefficient (Wildman–Crippen LogP) is 4.38. The van der Waals surface area contributed by atoms with Gasteiger partial charge in [0.2, 0.25) is 22.6 Å². The molecule has 0 spiro atoms. The fourth-order valence-corrected chi connectivity index (χ4v) is 10.6. The fraction of sp³-hybridized carbons (Fsp3) is 0.478. The number of ether oxygens (including phenoxy) is 2. The van der Waals surface area contributed by atoms with E-state index in [2.05, 4.69) is 80.7 Å². The summed E-state index contributed by atoms with van der Waals surface area (Å²) in [6, 6.07) is 21.3. The Hall–Kier alpha value is -6.22. The molecule has 0 unspecified atom stereocenters. The number of anilines is 3. The summed E-state index contributed by atoms with van der Waals surface area (Å²) in [5.74, 6) is -2.83. The molecular weight excluding hydrogens is 907 g/mol. The Kier molecular flexibility index (Phi) is 15.2. The number of amides is 6. The molecule has 0 bridgehead atoms. The smallest absolute Gasteiger partial charge is 0.408 e. The van der Waals surface area contributed by atoms with Gasteiger partial charge in [0.1, 0.15) is 12.1 Å². The van der Waals surface area contributed by atoms with E-state index in [1.165, 1.54) is 15.4 Å². The molecule has 362 valence electrons. The van der Waals surface area contributed by atoms with Gasteiger partial charge in [-0.05, 0) is 97.0 Å². The van der Waals surface area contributed by atoms with E-state index in [-0.39, 0.29) is 30.6 Å². The highest BCUT2D eigenvalue weighted by Crippen LogP contribution is 2.47. The lowest BCUT2D eigenvalue weighted by atomic mass is 9.87. The monoisotopic (exact) mass is 965 g/mol. The van der Waals surface area contributed by atoms with Crippen molar-refractivity contribution in [2.45, 2.75) is 99.6 Å². The zero-order valence-electron chi connectivity index (χ0n) is 38.6. The minimum atomic E-state index is -4.10. The number of carbonyl (C=O) groups is 6. The van der Waals surface area contributed by atoms with Gasteiger partial charge in [-0.15, -0.1) is 0 Å². The van der Waals surface area contributed by atoms with Crippen molar-refractivity contribution in [1.82, 2.24) is 20.4 Å². The quantitative estimate of drug-likeness (QED) is 0.186. The van der Waals surface area contributed by atoms with Crippen molar-refractivity contribution in [2.75, 3.05) is 55.4 Å². The third-order valence-electron chi connectivity index (χ3n) is 12.4. The molecule has 3 saturated heterocycles. The summed E-state index contributed by atoms with van der Waals surface area (Å²) in [7, 11) is -6.10. The first-order chi connectivity index (χ1) is 31.5. The molecule has 3 heterocycles. The first kappa shape index (κ1) is 50.2. The minimum Gasteiger partial charge on any atom is -0.453 e. The molecule has 3 fully saturated rings. The zero-order valence-corrected chi connectivity index (χ0v) is 40.2. The van der Waals surface area contributed by atoms with Gasteiger partial charge in [0, 0.05) is 42.7 Å². The van der Waals surface area contributed by atoms with Gasteiger partial charge < -0.3 is 34.8 Å². The number of likely N-dealkylation sites (tertiary alicyclic amines) is 2. The van der Waals surface area contributed by atoms with E-state index in [4.69, 9.17) is 0 Å². The zero-order chi connectivity index (χ0) is 49.0. The van der Waals surface area contributed by atoms with Gasteiger partial charge in [-0.2, -0.15) is 0 Å². The number of methoxy groups -OCH3 is 2. The molecule has 3 aromatic rings.